The Hall–Kier alpha value is -3.14. The van der Waals surface area contributed by atoms with Crippen molar-refractivity contribution in [1.29, 1.82) is 0 Å². The van der Waals surface area contributed by atoms with Crippen LogP contribution in [0.3, 0.4) is 0 Å². The van der Waals surface area contributed by atoms with E-state index >= 15 is 0 Å². The van der Waals surface area contributed by atoms with Crippen molar-refractivity contribution in [1.82, 2.24) is 0 Å². The summed E-state index contributed by atoms with van der Waals surface area (Å²) in [5.74, 6) is 2.95. The lowest BCUT2D eigenvalue weighted by Gasteiger charge is -2.18. The maximum absolute atomic E-state index is 6.02. The van der Waals surface area contributed by atoms with Crippen molar-refractivity contribution in [3.8, 4) is 23.0 Å². The summed E-state index contributed by atoms with van der Waals surface area (Å²) in [6.45, 7) is 4.07. The number of aryl methyl sites for hydroxylation is 2. The molecule has 0 amide bonds. The van der Waals surface area contributed by atoms with Crippen molar-refractivity contribution in [2.75, 3.05) is 0 Å². The summed E-state index contributed by atoms with van der Waals surface area (Å²) in [5, 5.41) is 1.52. The largest absolute Gasteiger partial charge is 0.453 e. The van der Waals surface area contributed by atoms with Gasteiger partial charge < -0.3 is 9.47 Å². The molecule has 0 N–H and O–H groups in total. The van der Waals surface area contributed by atoms with Crippen molar-refractivity contribution >= 4 is 11.4 Å². The highest BCUT2D eigenvalue weighted by molar-refractivity contribution is 5.60. The summed E-state index contributed by atoms with van der Waals surface area (Å²) in [6.07, 6.45) is 0. The smallest absolute Gasteiger partial charge is 0.155 e. The van der Waals surface area contributed by atoms with Gasteiger partial charge in [-0.05, 0) is 49.2 Å². The predicted molar refractivity (Wildman–Crippen MR) is 90.6 cm³/mol. The third kappa shape index (κ3) is 2.00. The zero-order valence-electron chi connectivity index (χ0n) is 13.3. The summed E-state index contributed by atoms with van der Waals surface area (Å²) in [6, 6.07) is 15.8. The number of rotatable bonds is 0. The molecule has 0 spiro atoms. The van der Waals surface area contributed by atoms with Gasteiger partial charge in [-0.15, -0.1) is 0 Å². The molecule has 2 heterocycles. The number of hydrogen-bond donors (Lipinski definition) is 0. The molecule has 3 aromatic rings. The van der Waals surface area contributed by atoms with Crippen molar-refractivity contribution in [3.63, 3.8) is 0 Å². The molecule has 2 aliphatic rings. The first kappa shape index (κ1) is 13.3. The van der Waals surface area contributed by atoms with Crippen LogP contribution in [0, 0.1) is 13.8 Å². The monoisotopic (exact) mass is 314 g/mol. The Morgan fingerprint density at radius 1 is 0.583 bits per heavy atom. The SMILES string of the molecule is Cc1ccc2c(c1)Oc1cc3c(cc1=N2)Oc1cc(C)ccc1N=3. The molecule has 116 valence electrons. The number of ether oxygens (including phenoxy) is 2. The molecule has 0 aliphatic carbocycles. The Morgan fingerprint density at radius 2 is 1.04 bits per heavy atom. The second kappa shape index (κ2) is 4.68. The van der Waals surface area contributed by atoms with E-state index in [0.29, 0.717) is 11.5 Å². The molecule has 0 saturated carbocycles. The molecule has 24 heavy (non-hydrogen) atoms. The summed E-state index contributed by atoms with van der Waals surface area (Å²) in [4.78, 5) is 9.37. The number of fused-ring (bicyclic) bond motifs is 4. The Kier molecular flexibility index (Phi) is 2.59. The van der Waals surface area contributed by atoms with E-state index in [2.05, 4.69) is 9.98 Å². The third-order valence-electron chi connectivity index (χ3n) is 4.19. The molecule has 4 heteroatoms. The van der Waals surface area contributed by atoms with E-state index in [4.69, 9.17) is 9.47 Å². The van der Waals surface area contributed by atoms with Crippen LogP contribution in [-0.4, -0.2) is 0 Å². The van der Waals surface area contributed by atoms with Gasteiger partial charge in [-0.3, -0.25) is 0 Å². The van der Waals surface area contributed by atoms with Crippen LogP contribution in [0.4, 0.5) is 11.4 Å². The van der Waals surface area contributed by atoms with Gasteiger partial charge in [0.25, 0.3) is 0 Å². The van der Waals surface area contributed by atoms with Crippen LogP contribution in [0.15, 0.2) is 58.5 Å². The Bertz CT molecular complexity index is 1040. The van der Waals surface area contributed by atoms with E-state index in [1.165, 1.54) is 0 Å². The first-order valence-corrected chi connectivity index (χ1v) is 7.84. The number of hydrogen-bond acceptors (Lipinski definition) is 4. The van der Waals surface area contributed by atoms with Crippen molar-refractivity contribution in [2.24, 2.45) is 9.98 Å². The minimum absolute atomic E-state index is 0.703. The first-order chi connectivity index (χ1) is 11.7. The van der Waals surface area contributed by atoms with Gasteiger partial charge >= 0.3 is 0 Å². The van der Waals surface area contributed by atoms with Crippen LogP contribution in [-0.2, 0) is 0 Å². The average molecular weight is 314 g/mol. The second-order valence-electron chi connectivity index (χ2n) is 6.16. The van der Waals surface area contributed by atoms with E-state index < -0.39 is 0 Å². The Labute approximate surface area is 138 Å². The summed E-state index contributed by atoms with van der Waals surface area (Å²) < 4.78 is 12.0. The van der Waals surface area contributed by atoms with Crippen LogP contribution < -0.4 is 20.2 Å². The normalized spacial score (nSPS) is 13.1. The number of benzene rings is 3. The molecule has 4 nitrogen and oxygen atoms in total. The maximum atomic E-state index is 6.02. The molecule has 2 aliphatic heterocycles. The highest BCUT2D eigenvalue weighted by Gasteiger charge is 2.18. The van der Waals surface area contributed by atoms with Crippen LogP contribution in [0.1, 0.15) is 11.1 Å². The van der Waals surface area contributed by atoms with Crippen molar-refractivity contribution < 1.29 is 9.47 Å². The maximum Gasteiger partial charge on any atom is 0.155 e. The minimum Gasteiger partial charge on any atom is -0.453 e. The van der Waals surface area contributed by atoms with E-state index in [9.17, 15) is 0 Å². The highest BCUT2D eigenvalue weighted by Crippen LogP contribution is 2.37. The molecule has 0 aromatic heterocycles. The van der Waals surface area contributed by atoms with Gasteiger partial charge in [0, 0.05) is 12.1 Å². The molecule has 0 bridgehead atoms. The van der Waals surface area contributed by atoms with Gasteiger partial charge in [-0.2, -0.15) is 0 Å². The minimum atomic E-state index is 0.703. The van der Waals surface area contributed by atoms with Crippen LogP contribution in [0.25, 0.3) is 0 Å². The summed E-state index contributed by atoms with van der Waals surface area (Å²) in [5.41, 5.74) is 3.94. The average Bonchev–Trinajstić information content (AvgIpc) is 2.56. The van der Waals surface area contributed by atoms with E-state index in [1.54, 1.807) is 0 Å². The van der Waals surface area contributed by atoms with E-state index in [1.807, 2.05) is 62.4 Å². The fourth-order valence-electron chi connectivity index (χ4n) is 2.96. The summed E-state index contributed by atoms with van der Waals surface area (Å²) >= 11 is 0. The first-order valence-electron chi connectivity index (χ1n) is 7.84. The summed E-state index contributed by atoms with van der Waals surface area (Å²) in [7, 11) is 0. The molecule has 0 saturated heterocycles. The molecular formula is C20H14N2O2. The molecule has 5 rings (SSSR count). The third-order valence-corrected chi connectivity index (χ3v) is 4.19. The van der Waals surface area contributed by atoms with Gasteiger partial charge in [0.05, 0.1) is 0 Å². The number of nitrogens with zero attached hydrogens (tertiary/aromatic N) is 2. The van der Waals surface area contributed by atoms with Gasteiger partial charge in [-0.1, -0.05) is 12.1 Å². The van der Waals surface area contributed by atoms with Crippen LogP contribution >= 0.6 is 0 Å². The standard InChI is InChI=1S/C20H14N2O2/c1-11-3-5-13-17(7-11)23-19-9-16-20(10-15(19)21-13)24-18-8-12(2)4-6-14(18)22-16/h3-10H,1-2H3. The lowest BCUT2D eigenvalue weighted by molar-refractivity contribution is 0.450. The van der Waals surface area contributed by atoms with Gasteiger partial charge in [0.2, 0.25) is 0 Å². The molecular weight excluding hydrogens is 300 g/mol. The molecule has 0 fully saturated rings. The topological polar surface area (TPSA) is 43.2 Å². The van der Waals surface area contributed by atoms with Gasteiger partial charge in [0.1, 0.15) is 22.1 Å². The second-order valence-corrected chi connectivity index (χ2v) is 6.16. The molecule has 0 unspecified atom stereocenters. The zero-order valence-corrected chi connectivity index (χ0v) is 13.3. The Morgan fingerprint density at radius 3 is 1.50 bits per heavy atom. The lowest BCUT2D eigenvalue weighted by atomic mass is 10.1. The lowest BCUT2D eigenvalue weighted by Crippen LogP contribution is -2.18. The Balaban J connectivity index is 1.72. The zero-order chi connectivity index (χ0) is 16.3. The fraction of sp³-hybridized carbons (Fsp3) is 0.100. The molecule has 3 aromatic carbocycles. The van der Waals surface area contributed by atoms with Crippen molar-refractivity contribution in [3.05, 3.63) is 70.4 Å². The molecule has 0 atom stereocenters. The fourth-order valence-corrected chi connectivity index (χ4v) is 2.96. The van der Waals surface area contributed by atoms with E-state index in [-0.39, 0.29) is 0 Å². The quantitative estimate of drug-likeness (QED) is 0.425. The highest BCUT2D eigenvalue weighted by atomic mass is 16.5. The van der Waals surface area contributed by atoms with Crippen LogP contribution in [0.2, 0.25) is 0 Å². The molecule has 0 radical (unpaired) electrons. The van der Waals surface area contributed by atoms with Crippen LogP contribution in [0.5, 0.6) is 23.0 Å². The predicted octanol–water partition coefficient (Wildman–Crippen LogP) is 4.42. The van der Waals surface area contributed by atoms with Gasteiger partial charge in [0.15, 0.2) is 23.0 Å². The van der Waals surface area contributed by atoms with Gasteiger partial charge in [-0.25, -0.2) is 9.98 Å². The van der Waals surface area contributed by atoms with Crippen molar-refractivity contribution in [2.45, 2.75) is 13.8 Å². The van der Waals surface area contributed by atoms with E-state index in [0.717, 1.165) is 44.7 Å².